The van der Waals surface area contributed by atoms with Gasteiger partial charge >= 0.3 is 5.97 Å². The van der Waals surface area contributed by atoms with E-state index in [-0.39, 0.29) is 18.1 Å². The van der Waals surface area contributed by atoms with Crippen LogP contribution in [0.2, 0.25) is 0 Å². The zero-order valence-corrected chi connectivity index (χ0v) is 21.6. The molecule has 4 heterocycles. The van der Waals surface area contributed by atoms with Gasteiger partial charge in [0.25, 0.3) is 0 Å². The Labute approximate surface area is 219 Å². The van der Waals surface area contributed by atoms with Gasteiger partial charge in [0.2, 0.25) is 0 Å². The lowest BCUT2D eigenvalue weighted by atomic mass is 9.83. The number of carbonyl (C=O) groups is 1. The SMILES string of the molecule is O=C(O)C(C1=CC=CC2C1C=NN2CC1CC1)N1CC[C@@H](OCCCCc2ccc3c(n2)NCCC3)C1. The average Bonchev–Trinajstić information content (AvgIpc) is 3.45. The number of hydrazone groups is 1. The second-order valence-corrected chi connectivity index (χ2v) is 11.2. The molecule has 198 valence electrons. The minimum absolute atomic E-state index is 0.0391. The van der Waals surface area contributed by atoms with Crippen LogP contribution in [0.4, 0.5) is 5.82 Å². The summed E-state index contributed by atoms with van der Waals surface area (Å²) in [5, 5.41) is 20.5. The number of allylic oxidation sites excluding steroid dienone is 2. The number of pyridine rings is 1. The maximum atomic E-state index is 12.5. The molecule has 8 nitrogen and oxygen atoms in total. The average molecular weight is 506 g/mol. The van der Waals surface area contributed by atoms with E-state index in [1.807, 2.05) is 18.4 Å². The summed E-state index contributed by atoms with van der Waals surface area (Å²) in [4.78, 5) is 19.3. The fourth-order valence-electron chi connectivity index (χ4n) is 6.21. The maximum Gasteiger partial charge on any atom is 0.325 e. The monoisotopic (exact) mass is 505 g/mol. The molecule has 0 spiro atoms. The number of aliphatic carboxylic acids is 1. The minimum Gasteiger partial charge on any atom is -0.480 e. The summed E-state index contributed by atoms with van der Waals surface area (Å²) in [6.45, 7) is 4.11. The Balaban J connectivity index is 0.973. The van der Waals surface area contributed by atoms with Gasteiger partial charge in [0, 0.05) is 50.6 Å². The van der Waals surface area contributed by atoms with E-state index in [1.165, 1.54) is 24.8 Å². The zero-order chi connectivity index (χ0) is 25.2. The van der Waals surface area contributed by atoms with Gasteiger partial charge in [-0.25, -0.2) is 4.98 Å². The molecule has 1 saturated heterocycles. The predicted molar refractivity (Wildman–Crippen MR) is 144 cm³/mol. The number of fused-ring (bicyclic) bond motifs is 2. The van der Waals surface area contributed by atoms with Crippen molar-refractivity contribution in [1.29, 1.82) is 0 Å². The summed E-state index contributed by atoms with van der Waals surface area (Å²) < 4.78 is 6.20. The fourth-order valence-corrected chi connectivity index (χ4v) is 6.21. The molecule has 3 aliphatic heterocycles. The summed E-state index contributed by atoms with van der Waals surface area (Å²) in [6, 6.07) is 3.90. The van der Waals surface area contributed by atoms with Crippen LogP contribution in [-0.4, -0.2) is 83.2 Å². The lowest BCUT2D eigenvalue weighted by molar-refractivity contribution is -0.141. The van der Waals surface area contributed by atoms with Crippen LogP contribution in [0, 0.1) is 11.8 Å². The third kappa shape index (κ3) is 5.60. The van der Waals surface area contributed by atoms with Gasteiger partial charge in [-0.15, -0.1) is 0 Å². The molecule has 4 atom stereocenters. The summed E-state index contributed by atoms with van der Waals surface area (Å²) in [5.41, 5.74) is 3.42. The second-order valence-electron chi connectivity index (χ2n) is 11.2. The van der Waals surface area contributed by atoms with Crippen molar-refractivity contribution < 1.29 is 14.6 Å². The van der Waals surface area contributed by atoms with Crippen LogP contribution < -0.4 is 5.32 Å². The van der Waals surface area contributed by atoms with Crippen LogP contribution in [0.1, 0.15) is 49.8 Å². The molecule has 1 aromatic rings. The summed E-state index contributed by atoms with van der Waals surface area (Å²) in [7, 11) is 0. The Kier molecular flexibility index (Phi) is 7.29. The van der Waals surface area contributed by atoms with Gasteiger partial charge in [0.15, 0.2) is 0 Å². The predicted octanol–water partition coefficient (Wildman–Crippen LogP) is 3.50. The number of likely N-dealkylation sites (tertiary alicyclic amines) is 1. The third-order valence-corrected chi connectivity index (χ3v) is 8.44. The van der Waals surface area contributed by atoms with Gasteiger partial charge in [-0.3, -0.25) is 14.7 Å². The van der Waals surface area contributed by atoms with Crippen LogP contribution in [0.5, 0.6) is 0 Å². The maximum absolute atomic E-state index is 12.5. The Morgan fingerprint density at radius 1 is 1.24 bits per heavy atom. The molecule has 0 bridgehead atoms. The van der Waals surface area contributed by atoms with E-state index in [4.69, 9.17) is 9.72 Å². The molecule has 2 aliphatic carbocycles. The van der Waals surface area contributed by atoms with Gasteiger partial charge in [-0.05, 0) is 74.5 Å². The lowest BCUT2D eigenvalue weighted by Gasteiger charge is -2.34. The number of hydrogen-bond acceptors (Lipinski definition) is 7. The van der Waals surface area contributed by atoms with E-state index >= 15 is 0 Å². The number of anilines is 1. The van der Waals surface area contributed by atoms with Crippen LogP contribution in [-0.2, 0) is 22.4 Å². The highest BCUT2D eigenvalue weighted by molar-refractivity contribution is 5.82. The van der Waals surface area contributed by atoms with Crippen molar-refractivity contribution >= 4 is 18.0 Å². The Bertz CT molecular complexity index is 1080. The van der Waals surface area contributed by atoms with Crippen LogP contribution in [0.15, 0.2) is 41.0 Å². The minimum atomic E-state index is -0.776. The molecule has 37 heavy (non-hydrogen) atoms. The van der Waals surface area contributed by atoms with Crippen LogP contribution in [0.25, 0.3) is 0 Å². The van der Waals surface area contributed by atoms with Crippen molar-refractivity contribution in [2.45, 2.75) is 69.6 Å². The fraction of sp³-hybridized carbons (Fsp3) is 0.621. The van der Waals surface area contributed by atoms with Crippen molar-refractivity contribution in [3.05, 3.63) is 47.2 Å². The van der Waals surface area contributed by atoms with E-state index in [0.29, 0.717) is 13.2 Å². The van der Waals surface area contributed by atoms with Crippen molar-refractivity contribution in [3.63, 3.8) is 0 Å². The smallest absolute Gasteiger partial charge is 0.325 e. The largest absolute Gasteiger partial charge is 0.480 e. The zero-order valence-electron chi connectivity index (χ0n) is 21.6. The van der Waals surface area contributed by atoms with E-state index in [1.54, 1.807) is 0 Å². The van der Waals surface area contributed by atoms with Gasteiger partial charge in [-0.1, -0.05) is 24.3 Å². The van der Waals surface area contributed by atoms with Gasteiger partial charge in [0.05, 0.1) is 12.1 Å². The molecular weight excluding hydrogens is 466 g/mol. The van der Waals surface area contributed by atoms with Gasteiger partial charge < -0.3 is 15.2 Å². The van der Waals surface area contributed by atoms with E-state index in [9.17, 15) is 9.90 Å². The van der Waals surface area contributed by atoms with Gasteiger partial charge in [-0.2, -0.15) is 5.10 Å². The molecule has 3 unspecified atom stereocenters. The van der Waals surface area contributed by atoms with E-state index in [0.717, 1.165) is 74.7 Å². The highest BCUT2D eigenvalue weighted by Crippen LogP contribution is 2.37. The number of ether oxygens (including phenoxy) is 1. The van der Waals surface area contributed by atoms with E-state index < -0.39 is 12.0 Å². The van der Waals surface area contributed by atoms with Crippen molar-refractivity contribution in [2.24, 2.45) is 16.9 Å². The molecule has 2 N–H and O–H groups in total. The number of hydrogen-bond donors (Lipinski definition) is 2. The van der Waals surface area contributed by atoms with Crippen LogP contribution >= 0.6 is 0 Å². The number of carboxylic acids is 1. The first kappa shape index (κ1) is 24.6. The lowest BCUT2D eigenvalue weighted by Crippen LogP contribution is -2.46. The number of aryl methyl sites for hydroxylation is 2. The summed E-state index contributed by atoms with van der Waals surface area (Å²) >= 11 is 0. The topological polar surface area (TPSA) is 90.3 Å². The number of carboxylic acid groups (broad SMARTS) is 1. The first-order valence-electron chi connectivity index (χ1n) is 14.2. The highest BCUT2D eigenvalue weighted by Gasteiger charge is 2.43. The first-order chi connectivity index (χ1) is 18.2. The molecule has 6 rings (SSSR count). The highest BCUT2D eigenvalue weighted by atomic mass is 16.5. The standard InChI is InChI=1S/C29H39N5O3/c35-29(36)27(24-7-3-8-26-25(24)17-31-34(26)18-20-9-10-20)33-15-13-23(19-33)37-16-2-1-6-22-12-11-21-5-4-14-30-28(21)32-22/h3,7-8,11-12,17,20,23,25-27H,1-2,4-6,9-10,13-16,18-19H2,(H,30,32)(H,35,36)/t23-,25?,26?,27?/m1/s1. The van der Waals surface area contributed by atoms with E-state index in [2.05, 4.69) is 38.5 Å². The Hall–Kier alpha value is -2.71. The van der Waals surface area contributed by atoms with Crippen molar-refractivity contribution in [1.82, 2.24) is 14.9 Å². The molecule has 2 fully saturated rings. The summed E-state index contributed by atoms with van der Waals surface area (Å²) in [6.07, 6.45) is 17.0. The quantitative estimate of drug-likeness (QED) is 0.445. The number of nitrogens with one attached hydrogen (secondary N) is 1. The third-order valence-electron chi connectivity index (χ3n) is 8.44. The van der Waals surface area contributed by atoms with Crippen molar-refractivity contribution in [3.8, 4) is 0 Å². The second kappa shape index (κ2) is 11.0. The summed E-state index contributed by atoms with van der Waals surface area (Å²) in [5.74, 6) is 1.07. The number of rotatable bonds is 11. The first-order valence-corrected chi connectivity index (χ1v) is 14.2. The molecule has 8 heteroatoms. The van der Waals surface area contributed by atoms with Crippen LogP contribution in [0.3, 0.4) is 0 Å². The normalized spacial score (nSPS) is 27.5. The molecule has 5 aliphatic rings. The molecule has 0 radical (unpaired) electrons. The molecule has 0 aromatic carbocycles. The molecule has 0 amide bonds. The molecule has 1 saturated carbocycles. The molecular formula is C29H39N5O3. The number of nitrogens with zero attached hydrogens (tertiary/aromatic N) is 4. The Morgan fingerprint density at radius 2 is 2.16 bits per heavy atom. The van der Waals surface area contributed by atoms with Gasteiger partial charge in [0.1, 0.15) is 11.9 Å². The Morgan fingerprint density at radius 3 is 3.03 bits per heavy atom. The number of aromatic nitrogens is 1. The van der Waals surface area contributed by atoms with Crippen molar-refractivity contribution in [2.75, 3.05) is 38.1 Å². The molecule has 1 aromatic heterocycles. The number of unbranched alkanes of at least 4 members (excludes halogenated alkanes) is 1.